The van der Waals surface area contributed by atoms with Crippen LogP contribution in [0.1, 0.15) is 27.7 Å². The third kappa shape index (κ3) is 2.95. The lowest BCUT2D eigenvalue weighted by Crippen LogP contribution is -2.48. The lowest BCUT2D eigenvalue weighted by Gasteiger charge is -2.31. The van der Waals surface area contributed by atoms with Crippen LogP contribution in [0.4, 0.5) is 0 Å². The molecule has 3 heterocycles. The molecule has 10 heteroatoms. The molecule has 132 valence electrons. The molecular formula is C13H22NO8P. The summed E-state index contributed by atoms with van der Waals surface area (Å²) in [5.74, 6) is -0.804. The van der Waals surface area contributed by atoms with Crippen LogP contribution >= 0.6 is 7.60 Å². The number of fused-ring (bicyclic) bond motifs is 3. The van der Waals surface area contributed by atoms with E-state index in [1.54, 1.807) is 27.7 Å². The summed E-state index contributed by atoms with van der Waals surface area (Å²) in [5.41, 5.74) is -0.0862. The number of hydrogen-bond acceptors (Lipinski definition) is 8. The van der Waals surface area contributed by atoms with Crippen LogP contribution in [0.3, 0.4) is 0 Å². The second kappa shape index (κ2) is 6.07. The molecule has 23 heavy (non-hydrogen) atoms. The van der Waals surface area contributed by atoms with Gasteiger partial charge in [-0.15, -0.1) is 0 Å². The minimum Gasteiger partial charge on any atom is -0.622 e. The fourth-order valence-corrected chi connectivity index (χ4v) is 4.90. The van der Waals surface area contributed by atoms with Crippen molar-refractivity contribution < 1.29 is 37.3 Å². The first kappa shape index (κ1) is 17.3. The Morgan fingerprint density at radius 3 is 2.52 bits per heavy atom. The maximum Gasteiger partial charge on any atom is 0.423 e. The van der Waals surface area contributed by atoms with Crippen molar-refractivity contribution in [1.29, 1.82) is 0 Å². The van der Waals surface area contributed by atoms with Gasteiger partial charge in [-0.05, 0) is 27.7 Å². The minimum atomic E-state index is -3.78. The number of rotatable bonds is 5. The van der Waals surface area contributed by atoms with Gasteiger partial charge in [0.2, 0.25) is 0 Å². The Morgan fingerprint density at radius 2 is 1.91 bits per heavy atom. The molecule has 3 aliphatic heterocycles. The molecule has 2 fully saturated rings. The van der Waals surface area contributed by atoms with E-state index in [0.29, 0.717) is 4.74 Å². The number of nitrogens with zero attached hydrogens (tertiary/aromatic N) is 1. The molecule has 3 rings (SSSR count). The minimum absolute atomic E-state index is 0.0862. The predicted molar refractivity (Wildman–Crippen MR) is 77.9 cm³/mol. The van der Waals surface area contributed by atoms with E-state index >= 15 is 0 Å². The Morgan fingerprint density at radius 1 is 1.26 bits per heavy atom. The summed E-state index contributed by atoms with van der Waals surface area (Å²) >= 11 is 0. The van der Waals surface area contributed by atoms with Gasteiger partial charge < -0.3 is 33.2 Å². The van der Waals surface area contributed by atoms with Gasteiger partial charge >= 0.3 is 13.0 Å². The Balaban J connectivity index is 1.91. The molecule has 2 saturated heterocycles. The molecular weight excluding hydrogens is 329 g/mol. The van der Waals surface area contributed by atoms with Gasteiger partial charge in [0.05, 0.1) is 13.2 Å². The Labute approximate surface area is 134 Å². The highest BCUT2D eigenvalue weighted by molar-refractivity contribution is 7.72. The van der Waals surface area contributed by atoms with E-state index in [2.05, 4.69) is 0 Å². The summed E-state index contributed by atoms with van der Waals surface area (Å²) in [6.07, 6.45) is -2.69. The second-order valence-electron chi connectivity index (χ2n) is 5.86. The highest BCUT2D eigenvalue weighted by Crippen LogP contribution is 2.54. The third-order valence-electron chi connectivity index (χ3n) is 3.76. The van der Waals surface area contributed by atoms with Crippen LogP contribution in [-0.2, 0) is 32.6 Å². The van der Waals surface area contributed by atoms with E-state index in [1.807, 2.05) is 0 Å². The van der Waals surface area contributed by atoms with E-state index < -0.39 is 38.0 Å². The fraction of sp³-hybridized carbons (Fsp3) is 0.923. The Hall–Kier alpha value is -0.540. The fourth-order valence-electron chi connectivity index (χ4n) is 3.03. The average Bonchev–Trinajstić information content (AvgIpc) is 2.90. The second-order valence-corrected chi connectivity index (χ2v) is 7.82. The van der Waals surface area contributed by atoms with Gasteiger partial charge in [0.25, 0.3) is 6.73 Å². The van der Waals surface area contributed by atoms with E-state index in [0.717, 1.165) is 0 Å². The van der Waals surface area contributed by atoms with Crippen LogP contribution in [0.25, 0.3) is 0 Å². The summed E-state index contributed by atoms with van der Waals surface area (Å²) in [6, 6.07) is 0. The first-order valence-electron chi connectivity index (χ1n) is 7.65. The monoisotopic (exact) mass is 351 g/mol. The summed E-state index contributed by atoms with van der Waals surface area (Å²) in [7, 11) is -3.78. The van der Waals surface area contributed by atoms with Gasteiger partial charge in [0, 0.05) is 0 Å². The smallest absolute Gasteiger partial charge is 0.423 e. The van der Waals surface area contributed by atoms with Crippen LogP contribution < -0.4 is 0 Å². The highest BCUT2D eigenvalue weighted by atomic mass is 31.2. The van der Waals surface area contributed by atoms with Crippen molar-refractivity contribution in [2.24, 2.45) is 0 Å². The van der Waals surface area contributed by atoms with Gasteiger partial charge in [-0.25, -0.2) is 4.57 Å². The van der Waals surface area contributed by atoms with Crippen molar-refractivity contribution >= 4 is 13.0 Å². The molecule has 0 aliphatic carbocycles. The molecule has 0 aromatic carbocycles. The summed E-state index contributed by atoms with van der Waals surface area (Å²) in [6.45, 7) is 6.87. The summed E-state index contributed by atoms with van der Waals surface area (Å²) < 4.78 is 46.8. The van der Waals surface area contributed by atoms with Crippen LogP contribution in [0.15, 0.2) is 0 Å². The van der Waals surface area contributed by atoms with Crippen LogP contribution in [0, 0.1) is 5.21 Å². The van der Waals surface area contributed by atoms with Gasteiger partial charge in [0.1, 0.15) is 12.2 Å². The zero-order valence-electron chi connectivity index (χ0n) is 13.6. The maximum absolute atomic E-state index is 13.0. The Kier molecular flexibility index (Phi) is 4.57. The largest absolute Gasteiger partial charge is 0.622 e. The van der Waals surface area contributed by atoms with Crippen LogP contribution in [-0.4, -0.2) is 60.5 Å². The van der Waals surface area contributed by atoms with Gasteiger partial charge in [-0.2, -0.15) is 4.74 Å². The van der Waals surface area contributed by atoms with Gasteiger partial charge in [0.15, 0.2) is 18.2 Å². The van der Waals surface area contributed by atoms with E-state index in [4.69, 9.17) is 28.0 Å². The first-order chi connectivity index (χ1) is 10.8. The zero-order valence-corrected chi connectivity index (χ0v) is 14.5. The zero-order chi connectivity index (χ0) is 16.8. The van der Waals surface area contributed by atoms with Crippen molar-refractivity contribution in [3.8, 4) is 0 Å². The number of hydrogen-bond donors (Lipinski definition) is 0. The summed E-state index contributed by atoms with van der Waals surface area (Å²) in [5, 5.41) is 12.2. The average molecular weight is 351 g/mol. The van der Waals surface area contributed by atoms with Crippen molar-refractivity contribution in [3.05, 3.63) is 5.21 Å². The Bertz CT molecular complexity index is 540. The normalized spacial score (nSPS) is 36.2. The van der Waals surface area contributed by atoms with E-state index in [9.17, 15) is 9.77 Å². The highest BCUT2D eigenvalue weighted by Gasteiger charge is 2.63. The molecule has 0 amide bonds. The third-order valence-corrected chi connectivity index (χ3v) is 6.00. The number of hydroxylamine groups is 1. The molecule has 4 atom stereocenters. The molecule has 0 saturated carbocycles. The lowest BCUT2D eigenvalue weighted by molar-refractivity contribution is -0.524. The SMILES string of the molecule is CCOP(=O)(OCC)C1=[N+]([O-])CO[C@@H]2[C@H]3OC(C)(C)O[C@H]3O[C@H]12. The molecule has 3 aliphatic rings. The molecule has 0 radical (unpaired) electrons. The maximum atomic E-state index is 13.0. The van der Waals surface area contributed by atoms with Crippen LogP contribution in [0.5, 0.6) is 0 Å². The molecule has 0 unspecified atom stereocenters. The molecule has 0 spiro atoms. The number of ether oxygens (including phenoxy) is 4. The van der Waals surface area contributed by atoms with Crippen molar-refractivity contribution in [3.63, 3.8) is 0 Å². The lowest BCUT2D eigenvalue weighted by atomic mass is 10.1. The predicted octanol–water partition coefficient (Wildman–Crippen LogP) is 1.39. The van der Waals surface area contributed by atoms with Crippen molar-refractivity contribution in [2.75, 3.05) is 19.9 Å². The van der Waals surface area contributed by atoms with Crippen molar-refractivity contribution in [2.45, 2.75) is 58.1 Å². The molecule has 9 nitrogen and oxygen atoms in total. The van der Waals surface area contributed by atoms with Crippen LogP contribution in [0.2, 0.25) is 0 Å². The van der Waals surface area contributed by atoms with Crippen molar-refractivity contribution in [1.82, 2.24) is 0 Å². The standard InChI is InChI=1S/C13H22NO8P/c1-5-18-23(16,19-6-2)11-9-8(17-7-14(11)15)10-12(20-9)22-13(3,4)21-10/h8-10,12H,5-7H2,1-4H3/t8-,9-,10+,12+/m0/s1. The molecule has 0 aromatic heterocycles. The summed E-state index contributed by atoms with van der Waals surface area (Å²) in [4.78, 5) is 0. The molecule has 0 aromatic rings. The van der Waals surface area contributed by atoms with E-state index in [-0.39, 0.29) is 25.4 Å². The topological polar surface area (TPSA) is 98.5 Å². The molecule has 0 N–H and O–H groups in total. The first-order valence-corrected chi connectivity index (χ1v) is 9.19. The van der Waals surface area contributed by atoms with Gasteiger partial charge in [-0.3, -0.25) is 0 Å². The quantitative estimate of drug-likeness (QED) is 0.416. The van der Waals surface area contributed by atoms with E-state index in [1.165, 1.54) is 0 Å². The van der Waals surface area contributed by atoms with Gasteiger partial charge in [-0.1, -0.05) is 0 Å². The molecule has 0 bridgehead atoms.